The van der Waals surface area contributed by atoms with E-state index in [4.69, 9.17) is 18.5 Å². The van der Waals surface area contributed by atoms with Gasteiger partial charge >= 0.3 is 19.5 Å². The first kappa shape index (κ1) is 20.6. The molecule has 0 bridgehead atoms. The summed E-state index contributed by atoms with van der Waals surface area (Å²) < 4.78 is 31.9. The highest BCUT2D eigenvalue weighted by atomic mass is 31.2. The Hall–Kier alpha value is -1.43. The van der Waals surface area contributed by atoms with E-state index in [0.29, 0.717) is 6.42 Å². The smallest absolute Gasteiger partial charge is 0.336 e. The molecule has 126 valence electrons. The fourth-order valence-electron chi connectivity index (χ4n) is 1.08. The Morgan fingerprint density at radius 2 is 1.36 bits per heavy atom. The Bertz CT molecular complexity index is 434. The molecule has 0 aliphatic rings. The molecule has 8 heteroatoms. The Balaban J connectivity index is 4.42. The van der Waals surface area contributed by atoms with Crippen molar-refractivity contribution in [2.75, 3.05) is 19.7 Å². The summed E-state index contributed by atoms with van der Waals surface area (Å²) in [7, 11) is -3.52. The van der Waals surface area contributed by atoms with Crippen LogP contribution in [-0.2, 0) is 32.7 Å². The molecular formula is C14H23O7P. The molecule has 0 aromatic heterocycles. The molecule has 22 heavy (non-hydrogen) atoms. The topological polar surface area (TPSA) is 88.1 Å². The van der Waals surface area contributed by atoms with Crippen molar-refractivity contribution in [3.63, 3.8) is 0 Å². The Morgan fingerprint density at radius 1 is 0.955 bits per heavy atom. The van der Waals surface area contributed by atoms with Crippen molar-refractivity contribution in [2.24, 2.45) is 0 Å². The van der Waals surface area contributed by atoms with Crippen LogP contribution in [0, 0.1) is 0 Å². The van der Waals surface area contributed by atoms with Crippen molar-refractivity contribution < 1.29 is 32.7 Å². The van der Waals surface area contributed by atoms with Crippen molar-refractivity contribution in [3.05, 3.63) is 24.3 Å². The van der Waals surface area contributed by atoms with Gasteiger partial charge in [-0.15, -0.1) is 0 Å². The van der Waals surface area contributed by atoms with E-state index < -0.39 is 33.1 Å². The number of rotatable bonds is 11. The molecule has 0 aliphatic carbocycles. The van der Waals surface area contributed by atoms with Gasteiger partial charge in [0.1, 0.15) is 0 Å². The lowest BCUT2D eigenvalue weighted by atomic mass is 10.4. The van der Waals surface area contributed by atoms with E-state index in [1.807, 2.05) is 6.92 Å². The van der Waals surface area contributed by atoms with Crippen molar-refractivity contribution in [2.45, 2.75) is 33.6 Å². The van der Waals surface area contributed by atoms with Gasteiger partial charge in [-0.3, -0.25) is 13.6 Å². The standard InChI is InChI=1S/C14H23O7P/c1-6-7-8-22(17,20-9-18-13(15)11(2)3)21-10-19-14(16)12(4)5/h2,4,6-10H2,1,3,5H3. The van der Waals surface area contributed by atoms with E-state index in [-0.39, 0.29) is 17.3 Å². The van der Waals surface area contributed by atoms with E-state index in [1.165, 1.54) is 13.8 Å². The van der Waals surface area contributed by atoms with Crippen LogP contribution in [0.25, 0.3) is 0 Å². The molecule has 0 heterocycles. The zero-order valence-electron chi connectivity index (χ0n) is 13.3. The number of hydrogen-bond acceptors (Lipinski definition) is 7. The van der Waals surface area contributed by atoms with Gasteiger partial charge in [0.25, 0.3) is 0 Å². The van der Waals surface area contributed by atoms with Crippen LogP contribution in [-0.4, -0.2) is 31.7 Å². The van der Waals surface area contributed by atoms with Crippen LogP contribution in [0.15, 0.2) is 24.3 Å². The van der Waals surface area contributed by atoms with Gasteiger partial charge in [0.15, 0.2) is 0 Å². The van der Waals surface area contributed by atoms with Crippen LogP contribution >= 0.6 is 7.60 Å². The van der Waals surface area contributed by atoms with Crippen molar-refractivity contribution in [3.8, 4) is 0 Å². The zero-order chi connectivity index (χ0) is 17.2. The second-order valence-corrected chi connectivity index (χ2v) is 6.79. The first-order chi connectivity index (χ1) is 10.2. The second-order valence-electron chi connectivity index (χ2n) is 4.61. The third kappa shape index (κ3) is 8.77. The first-order valence-electron chi connectivity index (χ1n) is 6.75. The highest BCUT2D eigenvalue weighted by Crippen LogP contribution is 2.48. The van der Waals surface area contributed by atoms with Gasteiger partial charge in [-0.05, 0) is 20.3 Å². The third-order valence-electron chi connectivity index (χ3n) is 2.36. The molecule has 0 radical (unpaired) electrons. The Kier molecular flexibility index (Phi) is 9.65. The van der Waals surface area contributed by atoms with Gasteiger partial charge in [0.2, 0.25) is 13.6 Å². The summed E-state index contributed by atoms with van der Waals surface area (Å²) in [5.74, 6) is -1.31. The van der Waals surface area contributed by atoms with Crippen molar-refractivity contribution in [1.82, 2.24) is 0 Å². The first-order valence-corrected chi connectivity index (χ1v) is 8.48. The maximum Gasteiger partial charge on any atom is 0.336 e. The SMILES string of the molecule is C=C(C)C(=O)OCOP(=O)(CCCC)OCOC(=O)C(=C)C. The zero-order valence-corrected chi connectivity index (χ0v) is 14.1. The maximum atomic E-state index is 12.4. The van der Waals surface area contributed by atoms with Crippen LogP contribution in [0.1, 0.15) is 33.6 Å². The highest BCUT2D eigenvalue weighted by molar-refractivity contribution is 7.53. The molecule has 0 saturated carbocycles. The number of carbonyl (C=O) groups excluding carboxylic acids is 2. The summed E-state index contributed by atoms with van der Waals surface area (Å²) in [5, 5.41) is 0. The Morgan fingerprint density at radius 3 is 1.68 bits per heavy atom. The lowest BCUT2D eigenvalue weighted by molar-refractivity contribution is -0.147. The van der Waals surface area contributed by atoms with Crippen LogP contribution in [0.5, 0.6) is 0 Å². The predicted octanol–water partition coefficient (Wildman–Crippen LogP) is 3.17. The van der Waals surface area contributed by atoms with Gasteiger partial charge in [-0.1, -0.05) is 26.5 Å². The number of unbranched alkanes of at least 4 members (excludes halogenated alkanes) is 1. The summed E-state index contributed by atoms with van der Waals surface area (Å²) in [6.45, 7) is 10.6. The van der Waals surface area contributed by atoms with E-state index in [9.17, 15) is 14.2 Å². The van der Waals surface area contributed by atoms with Crippen LogP contribution in [0.3, 0.4) is 0 Å². The molecule has 0 unspecified atom stereocenters. The third-order valence-corrected chi connectivity index (χ3v) is 4.22. The molecule has 0 fully saturated rings. The van der Waals surface area contributed by atoms with Crippen LogP contribution in [0.2, 0.25) is 0 Å². The molecular weight excluding hydrogens is 311 g/mol. The van der Waals surface area contributed by atoms with Crippen molar-refractivity contribution in [1.29, 1.82) is 0 Å². The van der Waals surface area contributed by atoms with Gasteiger partial charge < -0.3 is 9.47 Å². The quantitative estimate of drug-likeness (QED) is 0.248. The van der Waals surface area contributed by atoms with Gasteiger partial charge in [-0.2, -0.15) is 0 Å². The minimum absolute atomic E-state index is 0.124. The largest absolute Gasteiger partial charge is 0.435 e. The molecule has 0 aromatic rings. The molecule has 0 amide bonds. The number of ether oxygens (including phenoxy) is 2. The molecule has 0 aliphatic heterocycles. The van der Waals surface area contributed by atoms with E-state index in [2.05, 4.69) is 13.2 Å². The molecule has 0 spiro atoms. The number of esters is 2. The molecule has 0 N–H and O–H groups in total. The van der Waals surface area contributed by atoms with Crippen molar-refractivity contribution >= 4 is 19.5 Å². The highest BCUT2D eigenvalue weighted by Gasteiger charge is 2.25. The predicted molar refractivity (Wildman–Crippen MR) is 81.1 cm³/mol. The summed E-state index contributed by atoms with van der Waals surface area (Å²) in [4.78, 5) is 22.4. The minimum atomic E-state index is -3.52. The fraction of sp³-hybridized carbons (Fsp3) is 0.571. The summed E-state index contributed by atoms with van der Waals surface area (Å²) in [6.07, 6.45) is 1.48. The van der Waals surface area contributed by atoms with Gasteiger partial charge in [0.05, 0.1) is 6.16 Å². The molecule has 0 rings (SSSR count). The van der Waals surface area contributed by atoms with E-state index in [1.54, 1.807) is 0 Å². The van der Waals surface area contributed by atoms with Crippen LogP contribution in [0.4, 0.5) is 0 Å². The lowest BCUT2D eigenvalue weighted by Gasteiger charge is -2.18. The normalized spacial score (nSPS) is 10.9. The fourth-order valence-corrected chi connectivity index (χ4v) is 2.55. The molecule has 0 aromatic carbocycles. The minimum Gasteiger partial charge on any atom is -0.435 e. The lowest BCUT2D eigenvalue weighted by Crippen LogP contribution is -2.12. The Labute approximate surface area is 130 Å². The van der Waals surface area contributed by atoms with Gasteiger partial charge in [-0.25, -0.2) is 9.59 Å². The second kappa shape index (κ2) is 10.3. The maximum absolute atomic E-state index is 12.4. The molecule has 0 saturated heterocycles. The average Bonchev–Trinajstić information content (AvgIpc) is 2.44. The average molecular weight is 334 g/mol. The summed E-state index contributed by atoms with van der Waals surface area (Å²) in [5.41, 5.74) is 0.395. The monoisotopic (exact) mass is 334 g/mol. The van der Waals surface area contributed by atoms with E-state index in [0.717, 1.165) is 6.42 Å². The number of hydrogen-bond donors (Lipinski definition) is 0. The van der Waals surface area contributed by atoms with Crippen LogP contribution < -0.4 is 0 Å². The summed E-state index contributed by atoms with van der Waals surface area (Å²) in [6, 6.07) is 0. The van der Waals surface area contributed by atoms with Gasteiger partial charge in [0, 0.05) is 11.1 Å². The molecule has 0 atom stereocenters. The summed E-state index contributed by atoms with van der Waals surface area (Å²) >= 11 is 0. The van der Waals surface area contributed by atoms with E-state index >= 15 is 0 Å². The number of carbonyl (C=O) groups is 2. The molecule has 7 nitrogen and oxygen atoms in total.